The summed E-state index contributed by atoms with van der Waals surface area (Å²) in [7, 11) is 0. The lowest BCUT2D eigenvalue weighted by atomic mass is 10.2. The molecule has 2 rings (SSSR count). The van der Waals surface area contributed by atoms with Gasteiger partial charge in [0.2, 0.25) is 0 Å². The highest BCUT2D eigenvalue weighted by Crippen LogP contribution is 2.21. The molecular weight excluding hydrogens is 445 g/mol. The van der Waals surface area contributed by atoms with Crippen LogP contribution >= 0.6 is 38.5 Å². The maximum Gasteiger partial charge on any atom is 0.256 e. The molecule has 0 bridgehead atoms. The molecule has 0 saturated carbocycles. The number of anilines is 1. The number of amides is 1. The Kier molecular flexibility index (Phi) is 5.64. The van der Waals surface area contributed by atoms with Crippen LogP contribution in [0.15, 0.2) is 46.9 Å². The fraction of sp³-hybridized carbons (Fsp3) is 0.188. The van der Waals surface area contributed by atoms with Crippen molar-refractivity contribution < 1.29 is 9.53 Å². The van der Waals surface area contributed by atoms with Gasteiger partial charge in [-0.25, -0.2) is 0 Å². The zero-order chi connectivity index (χ0) is 15.4. The summed E-state index contributed by atoms with van der Waals surface area (Å²) in [4.78, 5) is 12.3. The van der Waals surface area contributed by atoms with Gasteiger partial charge in [-0.3, -0.25) is 4.79 Å². The first-order chi connectivity index (χ1) is 9.95. The van der Waals surface area contributed by atoms with Crippen molar-refractivity contribution in [3.8, 4) is 5.75 Å². The highest BCUT2D eigenvalue weighted by molar-refractivity contribution is 14.1. The highest BCUT2D eigenvalue weighted by atomic mass is 127. The Bertz CT molecular complexity index is 641. The first-order valence-electron chi connectivity index (χ1n) is 6.49. The summed E-state index contributed by atoms with van der Waals surface area (Å²) in [5.41, 5.74) is 1.39. The average Bonchev–Trinajstić information content (AvgIpc) is 2.43. The van der Waals surface area contributed by atoms with E-state index in [2.05, 4.69) is 43.8 Å². The van der Waals surface area contributed by atoms with Crippen LogP contribution in [-0.4, -0.2) is 12.0 Å². The van der Waals surface area contributed by atoms with Gasteiger partial charge in [-0.05, 0) is 78.9 Å². The quantitative estimate of drug-likeness (QED) is 0.646. The largest absolute Gasteiger partial charge is 0.491 e. The molecular formula is C16H15BrINO2. The van der Waals surface area contributed by atoms with E-state index in [1.165, 1.54) is 0 Å². The standard InChI is InChI=1S/C16H15BrINO2/c1-10(2)21-13-6-4-12(5-7-13)19-16(20)14-9-11(17)3-8-15(14)18/h3-10H,1-2H3,(H,19,20). The Balaban J connectivity index is 2.10. The molecule has 1 amide bonds. The van der Waals surface area contributed by atoms with Gasteiger partial charge in [0.05, 0.1) is 11.7 Å². The van der Waals surface area contributed by atoms with Gasteiger partial charge in [-0.2, -0.15) is 0 Å². The number of benzene rings is 2. The van der Waals surface area contributed by atoms with E-state index in [1.54, 1.807) is 0 Å². The number of nitrogens with one attached hydrogen (secondary N) is 1. The van der Waals surface area contributed by atoms with Gasteiger partial charge in [0, 0.05) is 13.7 Å². The fourth-order valence-electron chi connectivity index (χ4n) is 1.76. The van der Waals surface area contributed by atoms with Crippen LogP contribution in [0.2, 0.25) is 0 Å². The Labute approximate surface area is 146 Å². The lowest BCUT2D eigenvalue weighted by Gasteiger charge is -2.11. The van der Waals surface area contributed by atoms with Crippen molar-refractivity contribution in [3.05, 3.63) is 56.1 Å². The molecule has 5 heteroatoms. The van der Waals surface area contributed by atoms with Gasteiger partial charge in [0.15, 0.2) is 0 Å². The third-order valence-electron chi connectivity index (χ3n) is 2.66. The molecule has 0 aliphatic heterocycles. The SMILES string of the molecule is CC(C)Oc1ccc(NC(=O)c2cc(Br)ccc2I)cc1. The molecule has 110 valence electrons. The lowest BCUT2D eigenvalue weighted by molar-refractivity contribution is 0.102. The van der Waals surface area contributed by atoms with Crippen molar-refractivity contribution in [2.45, 2.75) is 20.0 Å². The second-order valence-corrected chi connectivity index (χ2v) is 6.85. The molecule has 0 aromatic heterocycles. The molecule has 0 aliphatic rings. The zero-order valence-corrected chi connectivity index (χ0v) is 15.4. The minimum Gasteiger partial charge on any atom is -0.491 e. The average molecular weight is 460 g/mol. The number of halogens is 2. The predicted molar refractivity (Wildman–Crippen MR) is 97.0 cm³/mol. The van der Waals surface area contributed by atoms with E-state index in [4.69, 9.17) is 4.74 Å². The van der Waals surface area contributed by atoms with Crippen LogP contribution in [0.25, 0.3) is 0 Å². The first-order valence-corrected chi connectivity index (χ1v) is 8.36. The van der Waals surface area contributed by atoms with Crippen molar-refractivity contribution in [1.82, 2.24) is 0 Å². The summed E-state index contributed by atoms with van der Waals surface area (Å²) in [6, 6.07) is 13.0. The third-order valence-corrected chi connectivity index (χ3v) is 4.09. The van der Waals surface area contributed by atoms with Crippen LogP contribution < -0.4 is 10.1 Å². The molecule has 0 spiro atoms. The van der Waals surface area contributed by atoms with Crippen molar-refractivity contribution >= 4 is 50.1 Å². The lowest BCUT2D eigenvalue weighted by Crippen LogP contribution is -2.13. The summed E-state index contributed by atoms with van der Waals surface area (Å²) >= 11 is 5.53. The first kappa shape index (κ1) is 16.3. The summed E-state index contributed by atoms with van der Waals surface area (Å²) in [5.74, 6) is 0.665. The topological polar surface area (TPSA) is 38.3 Å². The van der Waals surface area contributed by atoms with Crippen LogP contribution in [0.3, 0.4) is 0 Å². The van der Waals surface area contributed by atoms with Crippen molar-refractivity contribution in [2.75, 3.05) is 5.32 Å². The molecule has 3 nitrogen and oxygen atoms in total. The number of rotatable bonds is 4. The van der Waals surface area contributed by atoms with E-state index in [0.29, 0.717) is 5.56 Å². The minimum absolute atomic E-state index is 0.127. The summed E-state index contributed by atoms with van der Waals surface area (Å²) < 4.78 is 7.37. The van der Waals surface area contributed by atoms with E-state index in [-0.39, 0.29) is 12.0 Å². The molecule has 0 heterocycles. The molecule has 0 unspecified atom stereocenters. The Morgan fingerprint density at radius 3 is 2.48 bits per heavy atom. The van der Waals surface area contributed by atoms with Gasteiger partial charge >= 0.3 is 0 Å². The molecule has 0 radical (unpaired) electrons. The smallest absolute Gasteiger partial charge is 0.256 e. The van der Waals surface area contributed by atoms with Crippen LogP contribution in [0.5, 0.6) is 5.75 Å². The van der Waals surface area contributed by atoms with Crippen LogP contribution in [0.4, 0.5) is 5.69 Å². The molecule has 0 saturated heterocycles. The minimum atomic E-state index is -0.127. The molecule has 0 fully saturated rings. The van der Waals surface area contributed by atoms with Gasteiger partial charge in [-0.15, -0.1) is 0 Å². The van der Waals surface area contributed by atoms with Crippen molar-refractivity contribution in [2.24, 2.45) is 0 Å². The van der Waals surface area contributed by atoms with E-state index in [0.717, 1.165) is 19.5 Å². The Hall–Kier alpha value is -1.08. The maximum absolute atomic E-state index is 12.3. The summed E-state index contributed by atoms with van der Waals surface area (Å²) in [5, 5.41) is 2.89. The van der Waals surface area contributed by atoms with Crippen LogP contribution in [0, 0.1) is 3.57 Å². The molecule has 0 aliphatic carbocycles. The number of ether oxygens (including phenoxy) is 1. The van der Waals surface area contributed by atoms with Crippen molar-refractivity contribution in [3.63, 3.8) is 0 Å². The van der Waals surface area contributed by atoms with E-state index < -0.39 is 0 Å². The summed E-state index contributed by atoms with van der Waals surface area (Å²) in [6.45, 7) is 3.95. The molecule has 21 heavy (non-hydrogen) atoms. The fourth-order valence-corrected chi connectivity index (χ4v) is 2.70. The Morgan fingerprint density at radius 2 is 1.86 bits per heavy atom. The molecule has 0 atom stereocenters. The van der Waals surface area contributed by atoms with Crippen LogP contribution in [0.1, 0.15) is 24.2 Å². The van der Waals surface area contributed by atoms with Gasteiger partial charge < -0.3 is 10.1 Å². The van der Waals surface area contributed by atoms with Gasteiger partial charge in [0.25, 0.3) is 5.91 Å². The van der Waals surface area contributed by atoms with Gasteiger partial charge in [0.1, 0.15) is 5.75 Å². The highest BCUT2D eigenvalue weighted by Gasteiger charge is 2.11. The predicted octanol–water partition coefficient (Wildman–Crippen LogP) is 5.09. The monoisotopic (exact) mass is 459 g/mol. The molecule has 2 aromatic carbocycles. The van der Waals surface area contributed by atoms with E-state index in [1.807, 2.05) is 56.3 Å². The second-order valence-electron chi connectivity index (χ2n) is 4.77. The number of hydrogen-bond acceptors (Lipinski definition) is 2. The van der Waals surface area contributed by atoms with Crippen molar-refractivity contribution in [1.29, 1.82) is 0 Å². The second kappa shape index (κ2) is 7.26. The zero-order valence-electron chi connectivity index (χ0n) is 11.7. The number of hydrogen-bond donors (Lipinski definition) is 1. The van der Waals surface area contributed by atoms with Gasteiger partial charge in [-0.1, -0.05) is 15.9 Å². The van der Waals surface area contributed by atoms with E-state index in [9.17, 15) is 4.79 Å². The summed E-state index contributed by atoms with van der Waals surface area (Å²) in [6.07, 6.45) is 0.133. The molecule has 2 aromatic rings. The van der Waals surface area contributed by atoms with Crippen LogP contribution in [-0.2, 0) is 0 Å². The Morgan fingerprint density at radius 1 is 1.19 bits per heavy atom. The normalized spacial score (nSPS) is 10.5. The number of carbonyl (C=O) groups is 1. The number of carbonyl (C=O) groups excluding carboxylic acids is 1. The maximum atomic E-state index is 12.3. The van der Waals surface area contributed by atoms with E-state index >= 15 is 0 Å². The molecule has 1 N–H and O–H groups in total. The third kappa shape index (κ3) is 4.71.